The Kier molecular flexibility index (Phi) is 8.15. The first-order chi connectivity index (χ1) is 15.3. The van der Waals surface area contributed by atoms with Gasteiger partial charge in [0.1, 0.15) is 11.1 Å². The zero-order chi connectivity index (χ0) is 23.4. The lowest BCUT2D eigenvalue weighted by atomic mass is 9.74. The highest BCUT2D eigenvalue weighted by molar-refractivity contribution is 7.16. The number of nitrogens with zero attached hydrogens (tertiary/aromatic N) is 4. The predicted octanol–water partition coefficient (Wildman–Crippen LogP) is 2.14. The van der Waals surface area contributed by atoms with E-state index in [9.17, 15) is 14.9 Å². The molecule has 1 saturated heterocycles. The molecular weight excluding hydrogens is 424 g/mol. The number of nitrogens with one attached hydrogen (secondary N) is 1. The van der Waals surface area contributed by atoms with E-state index >= 15 is 0 Å². The fourth-order valence-corrected chi connectivity index (χ4v) is 6.08. The van der Waals surface area contributed by atoms with Gasteiger partial charge < -0.3 is 20.9 Å². The zero-order valence-corrected chi connectivity index (χ0v) is 20.5. The molecule has 0 unspecified atom stereocenters. The second-order valence-electron chi connectivity index (χ2n) is 9.34. The number of likely N-dealkylation sites (N-methyl/N-ethyl adjacent to an activating group) is 2. The van der Waals surface area contributed by atoms with Crippen molar-refractivity contribution in [3.63, 3.8) is 0 Å². The molecule has 3 atom stereocenters. The van der Waals surface area contributed by atoms with Gasteiger partial charge >= 0.3 is 6.03 Å². The lowest BCUT2D eigenvalue weighted by Gasteiger charge is -2.45. The van der Waals surface area contributed by atoms with Gasteiger partial charge in [0.2, 0.25) is 5.91 Å². The van der Waals surface area contributed by atoms with E-state index in [1.807, 2.05) is 19.0 Å². The van der Waals surface area contributed by atoms with Crippen molar-refractivity contribution in [3.05, 3.63) is 16.0 Å². The van der Waals surface area contributed by atoms with Crippen molar-refractivity contribution in [1.29, 1.82) is 5.26 Å². The highest BCUT2D eigenvalue weighted by Gasteiger charge is 2.43. The number of likely N-dealkylation sites (tertiary alicyclic amines) is 1. The average molecular weight is 461 g/mol. The van der Waals surface area contributed by atoms with Crippen LogP contribution in [0.15, 0.2) is 0 Å². The fraction of sp³-hybridized carbons (Fsp3) is 0.696. The lowest BCUT2D eigenvalue weighted by molar-refractivity contribution is -0.136. The van der Waals surface area contributed by atoms with Crippen LogP contribution in [0.5, 0.6) is 0 Å². The number of hydrogen-bond donors (Lipinski definition) is 2. The maximum absolute atomic E-state index is 13.5. The summed E-state index contributed by atoms with van der Waals surface area (Å²) in [5, 5.41) is 13.0. The molecule has 1 aromatic heterocycles. The first-order valence-corrected chi connectivity index (χ1v) is 12.3. The Hall–Kier alpha value is -2.15. The molecule has 0 radical (unpaired) electrons. The molecule has 1 aromatic rings. The molecule has 3 N–H and O–H groups in total. The van der Waals surface area contributed by atoms with E-state index in [1.54, 1.807) is 0 Å². The smallest absolute Gasteiger partial charge is 0.324 e. The summed E-state index contributed by atoms with van der Waals surface area (Å²) in [4.78, 5) is 33.2. The number of hydrogen-bond acceptors (Lipinski definition) is 7. The van der Waals surface area contributed by atoms with Crippen molar-refractivity contribution in [1.82, 2.24) is 20.0 Å². The van der Waals surface area contributed by atoms with E-state index in [0.717, 1.165) is 44.2 Å². The van der Waals surface area contributed by atoms with E-state index in [2.05, 4.69) is 30.3 Å². The van der Waals surface area contributed by atoms with Gasteiger partial charge in [-0.15, -0.1) is 11.3 Å². The van der Waals surface area contributed by atoms with Crippen LogP contribution < -0.4 is 11.1 Å². The summed E-state index contributed by atoms with van der Waals surface area (Å²) in [7, 11) is 5.97. The van der Waals surface area contributed by atoms with Crippen molar-refractivity contribution in [2.75, 3.05) is 53.1 Å². The number of nitrogen functional groups attached to an aromatic ring is 1. The summed E-state index contributed by atoms with van der Waals surface area (Å²) in [6.45, 7) is 4.39. The number of urea groups is 1. The third-order valence-electron chi connectivity index (χ3n) is 6.73. The minimum Gasteiger partial charge on any atom is -0.389 e. The summed E-state index contributed by atoms with van der Waals surface area (Å²) in [6, 6.07) is 2.32. The molecule has 0 bridgehead atoms. The van der Waals surface area contributed by atoms with E-state index in [-0.39, 0.29) is 23.8 Å². The van der Waals surface area contributed by atoms with Gasteiger partial charge in [-0.25, -0.2) is 4.79 Å². The number of carbonyl (C=O) groups is 2. The summed E-state index contributed by atoms with van der Waals surface area (Å²) in [5.41, 5.74) is 7.77. The van der Waals surface area contributed by atoms with Gasteiger partial charge in [0.15, 0.2) is 0 Å². The molecule has 1 aliphatic heterocycles. The van der Waals surface area contributed by atoms with Gasteiger partial charge in [0.05, 0.1) is 11.5 Å². The molecule has 1 aliphatic carbocycles. The minimum absolute atomic E-state index is 0.0813. The fourth-order valence-electron chi connectivity index (χ4n) is 4.98. The first kappa shape index (κ1) is 24.5. The predicted molar refractivity (Wildman–Crippen MR) is 127 cm³/mol. The second kappa shape index (κ2) is 10.6. The minimum atomic E-state index is -0.293. The Morgan fingerprint density at radius 1 is 1.31 bits per heavy atom. The maximum Gasteiger partial charge on any atom is 0.324 e. The van der Waals surface area contributed by atoms with Crippen LogP contribution >= 0.6 is 11.3 Å². The lowest BCUT2D eigenvalue weighted by Crippen LogP contribution is -2.55. The zero-order valence-electron chi connectivity index (χ0n) is 19.7. The largest absolute Gasteiger partial charge is 0.389 e. The van der Waals surface area contributed by atoms with E-state index in [0.29, 0.717) is 36.2 Å². The molecule has 2 heterocycles. The van der Waals surface area contributed by atoms with Gasteiger partial charge in [-0.2, -0.15) is 5.26 Å². The van der Waals surface area contributed by atoms with Crippen molar-refractivity contribution in [2.24, 2.45) is 11.8 Å². The molecule has 0 aromatic carbocycles. The van der Waals surface area contributed by atoms with Crippen LogP contribution in [0.1, 0.15) is 42.2 Å². The van der Waals surface area contributed by atoms with Crippen LogP contribution in [0.3, 0.4) is 0 Å². The molecule has 3 rings (SSSR count). The van der Waals surface area contributed by atoms with E-state index in [4.69, 9.17) is 5.73 Å². The summed E-state index contributed by atoms with van der Waals surface area (Å²) >= 11 is 1.53. The number of unbranched alkanes of at least 4 members (excludes halogenated alkanes) is 1. The van der Waals surface area contributed by atoms with Crippen molar-refractivity contribution in [2.45, 2.75) is 45.1 Å². The Morgan fingerprint density at radius 2 is 2.06 bits per heavy atom. The van der Waals surface area contributed by atoms with Crippen molar-refractivity contribution < 1.29 is 9.59 Å². The number of amides is 3. The molecule has 32 heavy (non-hydrogen) atoms. The molecule has 1 fully saturated rings. The molecule has 176 valence electrons. The SMILES string of the molecule is CCCCN(C(=O)NCCN(C)C)C(=O)[C@@H]1C[C@@H]2Cc3c(sc(N)c3C#N)C[C@H]2N(C)C1. The van der Waals surface area contributed by atoms with Crippen LogP contribution in [-0.4, -0.2) is 80.0 Å². The van der Waals surface area contributed by atoms with Crippen LogP contribution in [0.25, 0.3) is 0 Å². The van der Waals surface area contributed by atoms with Crippen LogP contribution in [0.4, 0.5) is 9.80 Å². The number of anilines is 1. The number of piperidine rings is 1. The molecule has 9 heteroatoms. The molecule has 0 saturated carbocycles. The molecular formula is C23H36N6O2S. The second-order valence-corrected chi connectivity index (χ2v) is 10.5. The molecule has 2 aliphatic rings. The van der Waals surface area contributed by atoms with Gasteiger partial charge in [-0.05, 0) is 58.3 Å². The number of thiophene rings is 1. The highest BCUT2D eigenvalue weighted by atomic mass is 32.1. The first-order valence-electron chi connectivity index (χ1n) is 11.5. The Balaban J connectivity index is 1.73. The quantitative estimate of drug-likeness (QED) is 0.646. The Bertz CT molecular complexity index is 877. The van der Waals surface area contributed by atoms with E-state index < -0.39 is 0 Å². The van der Waals surface area contributed by atoms with Crippen LogP contribution in [0, 0.1) is 23.2 Å². The van der Waals surface area contributed by atoms with Gasteiger partial charge in [-0.1, -0.05) is 13.3 Å². The van der Waals surface area contributed by atoms with Crippen LogP contribution in [0.2, 0.25) is 0 Å². The molecule has 8 nitrogen and oxygen atoms in total. The number of nitriles is 1. The number of rotatable bonds is 7. The summed E-state index contributed by atoms with van der Waals surface area (Å²) in [5.74, 6) is -0.0239. The number of carbonyl (C=O) groups excluding carboxylic acids is 2. The monoisotopic (exact) mass is 460 g/mol. The molecule has 3 amide bonds. The Morgan fingerprint density at radius 3 is 2.72 bits per heavy atom. The Labute approximate surface area is 195 Å². The van der Waals surface area contributed by atoms with Crippen LogP contribution in [-0.2, 0) is 17.6 Å². The number of imide groups is 1. The molecule has 0 spiro atoms. The maximum atomic E-state index is 13.5. The van der Waals surface area contributed by atoms with Crippen molar-refractivity contribution >= 4 is 28.3 Å². The number of fused-ring (bicyclic) bond motifs is 2. The topological polar surface area (TPSA) is 106 Å². The average Bonchev–Trinajstić information content (AvgIpc) is 3.06. The summed E-state index contributed by atoms with van der Waals surface area (Å²) in [6.07, 6.45) is 4.10. The van der Waals surface area contributed by atoms with Gasteiger partial charge in [-0.3, -0.25) is 9.69 Å². The van der Waals surface area contributed by atoms with E-state index in [1.165, 1.54) is 21.1 Å². The third-order valence-corrected chi connectivity index (χ3v) is 7.81. The normalized spacial score (nSPS) is 22.7. The van der Waals surface area contributed by atoms with Gasteiger partial charge in [0, 0.05) is 37.1 Å². The third kappa shape index (κ3) is 5.25. The van der Waals surface area contributed by atoms with Gasteiger partial charge in [0.25, 0.3) is 0 Å². The number of nitrogens with two attached hydrogens (primary N) is 1. The highest BCUT2D eigenvalue weighted by Crippen LogP contribution is 2.43. The standard InChI is InChI=1S/C23H36N6O2S/c1-5-6-8-29(23(31)26-7-9-27(2)3)22(30)16-10-15-11-17-18(13-24)21(25)32-20(17)12-19(15)28(4)14-16/h15-16,19H,5-12,14,25H2,1-4H3,(H,26,31)/t15-,16-,19-/m1/s1. The summed E-state index contributed by atoms with van der Waals surface area (Å²) < 4.78 is 0. The van der Waals surface area contributed by atoms with Crippen molar-refractivity contribution in [3.8, 4) is 6.07 Å².